The second-order valence-electron chi connectivity index (χ2n) is 6.68. The van der Waals surface area contributed by atoms with E-state index in [0.29, 0.717) is 18.1 Å². The van der Waals surface area contributed by atoms with E-state index in [1.807, 2.05) is 45.0 Å². The van der Waals surface area contributed by atoms with Crippen molar-refractivity contribution >= 4 is 11.8 Å². The lowest BCUT2D eigenvalue weighted by Crippen LogP contribution is -2.48. The molecule has 7 nitrogen and oxygen atoms in total. The summed E-state index contributed by atoms with van der Waals surface area (Å²) in [5.41, 5.74) is 5.69. The zero-order valence-electron chi connectivity index (χ0n) is 17.2. The normalized spacial score (nSPS) is 11.5. The lowest BCUT2D eigenvalue weighted by atomic mass is 10.0. The fraction of sp³-hybridized carbons (Fsp3) is 0.364. The smallest absolute Gasteiger partial charge is 0.279 e. The topological polar surface area (TPSA) is 85.9 Å². The fourth-order valence-corrected chi connectivity index (χ4v) is 2.54. The molecule has 7 heteroatoms. The summed E-state index contributed by atoms with van der Waals surface area (Å²) in [5.74, 6) is 1.23. The number of rotatable bonds is 9. The minimum Gasteiger partial charge on any atom is -0.494 e. The molecule has 0 radical (unpaired) electrons. The van der Waals surface area contributed by atoms with Gasteiger partial charge in [0, 0.05) is 0 Å². The predicted molar refractivity (Wildman–Crippen MR) is 110 cm³/mol. The first-order chi connectivity index (χ1) is 13.9. The van der Waals surface area contributed by atoms with Crippen molar-refractivity contribution in [1.29, 1.82) is 0 Å². The SMILES string of the molecule is CCOc1ccc(O[C@@H](C)C(=O)NNC(=O)COc2ccccc2C(C)C)cc1. The lowest BCUT2D eigenvalue weighted by molar-refractivity contribution is -0.133. The van der Waals surface area contributed by atoms with E-state index >= 15 is 0 Å². The van der Waals surface area contributed by atoms with Crippen molar-refractivity contribution in [1.82, 2.24) is 10.9 Å². The van der Waals surface area contributed by atoms with Crippen LogP contribution in [0.3, 0.4) is 0 Å². The van der Waals surface area contributed by atoms with Crippen molar-refractivity contribution in [2.24, 2.45) is 0 Å². The molecule has 0 bridgehead atoms. The van der Waals surface area contributed by atoms with Gasteiger partial charge in [0.05, 0.1) is 6.61 Å². The Morgan fingerprint density at radius 2 is 1.55 bits per heavy atom. The van der Waals surface area contributed by atoms with Crippen molar-refractivity contribution in [2.45, 2.75) is 39.7 Å². The number of hydrazine groups is 1. The van der Waals surface area contributed by atoms with Crippen LogP contribution in [0.5, 0.6) is 17.2 Å². The third kappa shape index (κ3) is 7.03. The van der Waals surface area contributed by atoms with Crippen LogP contribution in [0.4, 0.5) is 0 Å². The molecule has 2 rings (SSSR count). The molecule has 0 unspecified atom stereocenters. The average Bonchev–Trinajstić information content (AvgIpc) is 2.72. The minimum absolute atomic E-state index is 0.210. The molecule has 0 aromatic heterocycles. The maximum Gasteiger partial charge on any atom is 0.279 e. The number of para-hydroxylation sites is 1. The van der Waals surface area contributed by atoms with Gasteiger partial charge in [0.1, 0.15) is 17.2 Å². The molecule has 0 heterocycles. The number of amides is 2. The van der Waals surface area contributed by atoms with Crippen LogP contribution in [0.25, 0.3) is 0 Å². The van der Waals surface area contributed by atoms with E-state index in [1.54, 1.807) is 31.2 Å². The van der Waals surface area contributed by atoms with E-state index in [9.17, 15) is 9.59 Å². The van der Waals surface area contributed by atoms with Crippen LogP contribution < -0.4 is 25.1 Å². The Labute approximate surface area is 171 Å². The van der Waals surface area contributed by atoms with Gasteiger partial charge in [-0.15, -0.1) is 0 Å². The zero-order valence-corrected chi connectivity index (χ0v) is 17.2. The first-order valence-electron chi connectivity index (χ1n) is 9.60. The number of hydrogen-bond acceptors (Lipinski definition) is 5. The summed E-state index contributed by atoms with van der Waals surface area (Å²) in [5, 5.41) is 0. The van der Waals surface area contributed by atoms with Gasteiger partial charge in [0.15, 0.2) is 12.7 Å². The van der Waals surface area contributed by atoms with E-state index in [-0.39, 0.29) is 12.5 Å². The lowest BCUT2D eigenvalue weighted by Gasteiger charge is -2.16. The summed E-state index contributed by atoms with van der Waals surface area (Å²) >= 11 is 0. The molecule has 1 atom stereocenters. The van der Waals surface area contributed by atoms with E-state index in [2.05, 4.69) is 10.9 Å². The standard InChI is InChI=1S/C22H28N2O5/c1-5-27-17-10-12-18(13-11-17)29-16(4)22(26)24-23-21(25)14-28-20-9-7-6-8-19(20)15(2)3/h6-13,15-16H,5,14H2,1-4H3,(H,23,25)(H,24,26)/t16-/m0/s1. The van der Waals surface area contributed by atoms with E-state index < -0.39 is 17.9 Å². The molecule has 2 aromatic carbocycles. The zero-order chi connectivity index (χ0) is 21.2. The molecule has 0 aliphatic heterocycles. The van der Waals surface area contributed by atoms with Crippen molar-refractivity contribution < 1.29 is 23.8 Å². The molecular weight excluding hydrogens is 372 g/mol. The van der Waals surface area contributed by atoms with Gasteiger partial charge in [0.2, 0.25) is 0 Å². The van der Waals surface area contributed by atoms with E-state index in [4.69, 9.17) is 14.2 Å². The van der Waals surface area contributed by atoms with Crippen LogP contribution in [0, 0.1) is 0 Å². The highest BCUT2D eigenvalue weighted by Gasteiger charge is 2.16. The van der Waals surface area contributed by atoms with Gasteiger partial charge >= 0.3 is 0 Å². The Morgan fingerprint density at radius 1 is 0.897 bits per heavy atom. The first kappa shape index (κ1) is 22.1. The Kier molecular flexibility index (Phi) is 8.33. The van der Waals surface area contributed by atoms with Gasteiger partial charge in [0.25, 0.3) is 11.8 Å². The highest BCUT2D eigenvalue weighted by molar-refractivity contribution is 5.85. The molecule has 2 aromatic rings. The highest BCUT2D eigenvalue weighted by Crippen LogP contribution is 2.25. The Bertz CT molecular complexity index is 805. The number of ether oxygens (including phenoxy) is 3. The third-order valence-electron chi connectivity index (χ3n) is 4.04. The minimum atomic E-state index is -0.796. The van der Waals surface area contributed by atoms with Gasteiger partial charge in [-0.05, 0) is 55.7 Å². The molecule has 0 spiro atoms. The number of hydrogen-bond donors (Lipinski definition) is 2. The Hall–Kier alpha value is -3.22. The van der Waals surface area contributed by atoms with Crippen molar-refractivity contribution in [3.8, 4) is 17.2 Å². The summed E-state index contributed by atoms with van der Waals surface area (Å²) in [4.78, 5) is 24.1. The molecule has 2 amide bonds. The van der Waals surface area contributed by atoms with Crippen LogP contribution in [0.1, 0.15) is 39.2 Å². The summed E-state index contributed by atoms with van der Waals surface area (Å²) in [6, 6.07) is 14.5. The molecule has 0 saturated carbocycles. The summed E-state index contributed by atoms with van der Waals surface area (Å²) in [6.45, 7) is 7.96. The monoisotopic (exact) mass is 400 g/mol. The van der Waals surface area contributed by atoms with Gasteiger partial charge in [-0.25, -0.2) is 0 Å². The van der Waals surface area contributed by atoms with E-state index in [0.717, 1.165) is 11.3 Å². The Morgan fingerprint density at radius 3 is 2.21 bits per heavy atom. The van der Waals surface area contributed by atoms with Crippen LogP contribution in [-0.2, 0) is 9.59 Å². The molecular formula is C22H28N2O5. The highest BCUT2D eigenvalue weighted by atomic mass is 16.5. The van der Waals surface area contributed by atoms with Crippen molar-refractivity contribution in [3.63, 3.8) is 0 Å². The average molecular weight is 400 g/mol. The summed E-state index contributed by atoms with van der Waals surface area (Å²) in [6.07, 6.45) is -0.796. The fourth-order valence-electron chi connectivity index (χ4n) is 2.54. The van der Waals surface area contributed by atoms with Crippen LogP contribution in [-0.4, -0.2) is 31.1 Å². The molecule has 156 valence electrons. The number of carbonyl (C=O) groups is 2. The van der Waals surface area contributed by atoms with Crippen molar-refractivity contribution in [3.05, 3.63) is 54.1 Å². The Balaban J connectivity index is 1.77. The number of benzene rings is 2. The largest absolute Gasteiger partial charge is 0.494 e. The predicted octanol–water partition coefficient (Wildman–Crippen LogP) is 3.20. The second kappa shape index (κ2) is 10.9. The molecule has 0 fully saturated rings. The van der Waals surface area contributed by atoms with Crippen LogP contribution in [0.2, 0.25) is 0 Å². The molecule has 0 saturated heterocycles. The molecule has 0 aliphatic carbocycles. The molecule has 29 heavy (non-hydrogen) atoms. The molecule has 0 aliphatic rings. The molecule has 2 N–H and O–H groups in total. The maximum atomic E-state index is 12.1. The van der Waals surface area contributed by atoms with Crippen LogP contribution >= 0.6 is 0 Å². The number of nitrogens with one attached hydrogen (secondary N) is 2. The van der Waals surface area contributed by atoms with Gasteiger partial charge < -0.3 is 14.2 Å². The second-order valence-corrected chi connectivity index (χ2v) is 6.68. The van der Waals surface area contributed by atoms with Gasteiger partial charge in [-0.1, -0.05) is 32.0 Å². The van der Waals surface area contributed by atoms with Crippen LogP contribution in [0.15, 0.2) is 48.5 Å². The third-order valence-corrected chi connectivity index (χ3v) is 4.04. The van der Waals surface area contributed by atoms with E-state index in [1.165, 1.54) is 0 Å². The van der Waals surface area contributed by atoms with Crippen molar-refractivity contribution in [2.75, 3.05) is 13.2 Å². The maximum absolute atomic E-state index is 12.1. The van der Waals surface area contributed by atoms with Gasteiger partial charge in [-0.2, -0.15) is 0 Å². The van der Waals surface area contributed by atoms with Gasteiger partial charge in [-0.3, -0.25) is 20.4 Å². The summed E-state index contributed by atoms with van der Waals surface area (Å²) in [7, 11) is 0. The quantitative estimate of drug-likeness (QED) is 0.632. The number of carbonyl (C=O) groups excluding carboxylic acids is 2. The summed E-state index contributed by atoms with van der Waals surface area (Å²) < 4.78 is 16.5. The first-order valence-corrected chi connectivity index (χ1v) is 9.60.